The number of amides is 1. The number of primary sulfonamides is 1. The molecule has 1 unspecified atom stereocenters. The zero-order chi connectivity index (χ0) is 12.7. The lowest BCUT2D eigenvalue weighted by Crippen LogP contribution is -2.41. The second kappa shape index (κ2) is 6.90. The number of ether oxygens (including phenoxy) is 1. The van der Waals surface area contributed by atoms with Crippen LogP contribution in [-0.2, 0) is 19.6 Å². The van der Waals surface area contributed by atoms with Crippen molar-refractivity contribution in [2.24, 2.45) is 5.14 Å². The predicted octanol–water partition coefficient (Wildman–Crippen LogP) is -1.84. The van der Waals surface area contributed by atoms with Crippen LogP contribution in [0.25, 0.3) is 0 Å². The molecule has 0 bridgehead atoms. The molecular weight excluding hydrogens is 246 g/mol. The van der Waals surface area contributed by atoms with Gasteiger partial charge in [0.05, 0.1) is 24.9 Å². The van der Waals surface area contributed by atoms with Crippen molar-refractivity contribution in [1.29, 1.82) is 0 Å². The average molecular weight is 265 g/mol. The van der Waals surface area contributed by atoms with E-state index in [4.69, 9.17) is 9.88 Å². The number of nitrogens with one attached hydrogen (secondary N) is 2. The topological polar surface area (TPSA) is 111 Å². The number of hydrogen-bond acceptors (Lipinski definition) is 5. The monoisotopic (exact) mass is 265 g/mol. The summed E-state index contributed by atoms with van der Waals surface area (Å²) in [6.07, 6.45) is 0.526. The summed E-state index contributed by atoms with van der Waals surface area (Å²) >= 11 is 0. The van der Waals surface area contributed by atoms with Crippen LogP contribution in [0.15, 0.2) is 0 Å². The molecule has 0 saturated carbocycles. The smallest absolute Gasteiger partial charge is 0.222 e. The lowest BCUT2D eigenvalue weighted by molar-refractivity contribution is -0.124. The summed E-state index contributed by atoms with van der Waals surface area (Å²) in [6, 6.07) is 0. The van der Waals surface area contributed by atoms with Gasteiger partial charge in [0.2, 0.25) is 15.9 Å². The van der Waals surface area contributed by atoms with Gasteiger partial charge in [0, 0.05) is 19.6 Å². The highest BCUT2D eigenvalue weighted by atomic mass is 32.2. The first-order valence-electron chi connectivity index (χ1n) is 5.57. The second-order valence-corrected chi connectivity index (χ2v) is 5.71. The summed E-state index contributed by atoms with van der Waals surface area (Å²) in [7, 11) is -3.44. The first-order chi connectivity index (χ1) is 7.97. The molecule has 8 heteroatoms. The molecule has 1 aliphatic heterocycles. The number of sulfonamides is 1. The molecule has 1 amide bonds. The maximum absolute atomic E-state index is 11.4. The average Bonchev–Trinajstić information content (AvgIpc) is 2.25. The molecule has 7 nitrogen and oxygen atoms in total. The third-order valence-electron chi connectivity index (χ3n) is 2.35. The highest BCUT2D eigenvalue weighted by Gasteiger charge is 2.16. The summed E-state index contributed by atoms with van der Waals surface area (Å²) < 4.78 is 26.6. The highest BCUT2D eigenvalue weighted by molar-refractivity contribution is 7.89. The Morgan fingerprint density at radius 2 is 2.29 bits per heavy atom. The molecule has 1 fully saturated rings. The van der Waals surface area contributed by atoms with Crippen molar-refractivity contribution < 1.29 is 17.9 Å². The van der Waals surface area contributed by atoms with Crippen molar-refractivity contribution in [2.45, 2.75) is 18.9 Å². The number of nitrogens with two attached hydrogens (primary N) is 1. The molecule has 1 saturated heterocycles. The van der Waals surface area contributed by atoms with Crippen LogP contribution in [0.3, 0.4) is 0 Å². The maximum atomic E-state index is 11.4. The van der Waals surface area contributed by atoms with Gasteiger partial charge in [-0.2, -0.15) is 0 Å². The van der Waals surface area contributed by atoms with Crippen LogP contribution in [0.1, 0.15) is 12.8 Å². The molecule has 1 rings (SSSR count). The van der Waals surface area contributed by atoms with E-state index in [1.807, 2.05) is 0 Å². The number of hydrogen-bond donors (Lipinski definition) is 3. The summed E-state index contributed by atoms with van der Waals surface area (Å²) in [6.45, 7) is 2.41. The van der Waals surface area contributed by atoms with E-state index in [-0.39, 0.29) is 17.8 Å². The molecule has 0 aliphatic carbocycles. The van der Waals surface area contributed by atoms with E-state index >= 15 is 0 Å². The normalized spacial score (nSPS) is 21.1. The van der Waals surface area contributed by atoms with E-state index in [2.05, 4.69) is 10.6 Å². The first kappa shape index (κ1) is 14.4. The van der Waals surface area contributed by atoms with Crippen LogP contribution in [0.4, 0.5) is 0 Å². The van der Waals surface area contributed by atoms with Crippen molar-refractivity contribution in [2.75, 3.05) is 32.0 Å². The number of morpholine rings is 1. The van der Waals surface area contributed by atoms with E-state index < -0.39 is 10.0 Å². The molecule has 0 aromatic heterocycles. The van der Waals surface area contributed by atoms with Gasteiger partial charge in [0.1, 0.15) is 0 Å². The zero-order valence-electron chi connectivity index (χ0n) is 9.65. The molecule has 0 aromatic rings. The number of carbonyl (C=O) groups excluding carboxylic acids is 1. The number of rotatable bonds is 6. The Bertz CT molecular complexity index is 338. The van der Waals surface area contributed by atoms with Gasteiger partial charge in [-0.25, -0.2) is 13.6 Å². The fourth-order valence-electron chi connectivity index (χ4n) is 1.53. The lowest BCUT2D eigenvalue weighted by atomic mass is 10.2. The minimum atomic E-state index is -3.44. The van der Waals surface area contributed by atoms with Gasteiger partial charge >= 0.3 is 0 Å². The largest absolute Gasteiger partial charge is 0.375 e. The minimum absolute atomic E-state index is 0.0954. The van der Waals surface area contributed by atoms with Crippen molar-refractivity contribution in [3.05, 3.63) is 0 Å². The molecule has 17 heavy (non-hydrogen) atoms. The minimum Gasteiger partial charge on any atom is -0.375 e. The van der Waals surface area contributed by atoms with Gasteiger partial charge in [-0.1, -0.05) is 0 Å². The molecule has 100 valence electrons. The number of carbonyl (C=O) groups is 1. The first-order valence-corrected chi connectivity index (χ1v) is 7.28. The van der Waals surface area contributed by atoms with Crippen LogP contribution in [0, 0.1) is 0 Å². The fraction of sp³-hybridized carbons (Fsp3) is 0.889. The maximum Gasteiger partial charge on any atom is 0.222 e. The zero-order valence-corrected chi connectivity index (χ0v) is 10.5. The Labute approximate surface area is 101 Å². The SMILES string of the molecule is NS(=O)(=O)CCCNC(=O)CC1CNCCO1. The van der Waals surface area contributed by atoms with E-state index in [0.717, 1.165) is 6.54 Å². The van der Waals surface area contributed by atoms with Gasteiger partial charge in [0.25, 0.3) is 0 Å². The summed E-state index contributed by atoms with van der Waals surface area (Å²) in [5, 5.41) is 10.6. The third kappa shape index (κ3) is 7.27. The van der Waals surface area contributed by atoms with Gasteiger partial charge in [-0.15, -0.1) is 0 Å². The molecule has 1 aliphatic rings. The van der Waals surface area contributed by atoms with Gasteiger partial charge in [-0.3, -0.25) is 4.79 Å². The molecular formula is C9H19N3O4S. The van der Waals surface area contributed by atoms with Crippen molar-refractivity contribution in [3.63, 3.8) is 0 Å². The van der Waals surface area contributed by atoms with Crippen LogP contribution in [0.2, 0.25) is 0 Å². The Kier molecular flexibility index (Phi) is 5.83. The van der Waals surface area contributed by atoms with E-state index in [0.29, 0.717) is 32.5 Å². The van der Waals surface area contributed by atoms with Gasteiger partial charge < -0.3 is 15.4 Å². The lowest BCUT2D eigenvalue weighted by Gasteiger charge is -2.22. The molecule has 4 N–H and O–H groups in total. The van der Waals surface area contributed by atoms with Crippen molar-refractivity contribution >= 4 is 15.9 Å². The molecule has 0 spiro atoms. The molecule has 0 aromatic carbocycles. The molecule has 0 radical (unpaired) electrons. The Morgan fingerprint density at radius 1 is 1.53 bits per heavy atom. The van der Waals surface area contributed by atoms with E-state index in [1.165, 1.54) is 0 Å². The van der Waals surface area contributed by atoms with Gasteiger partial charge in [-0.05, 0) is 6.42 Å². The van der Waals surface area contributed by atoms with Crippen LogP contribution in [0.5, 0.6) is 0 Å². The van der Waals surface area contributed by atoms with Gasteiger partial charge in [0.15, 0.2) is 0 Å². The van der Waals surface area contributed by atoms with E-state index in [1.54, 1.807) is 0 Å². The third-order valence-corrected chi connectivity index (χ3v) is 3.20. The van der Waals surface area contributed by atoms with Crippen molar-refractivity contribution in [3.8, 4) is 0 Å². The highest BCUT2D eigenvalue weighted by Crippen LogP contribution is 2.00. The Balaban J connectivity index is 2.08. The fourth-order valence-corrected chi connectivity index (χ4v) is 2.08. The second-order valence-electron chi connectivity index (χ2n) is 3.97. The quantitative estimate of drug-likeness (QED) is 0.489. The summed E-state index contributed by atoms with van der Waals surface area (Å²) in [5.41, 5.74) is 0. The Hall–Kier alpha value is -0.700. The Morgan fingerprint density at radius 3 is 2.88 bits per heavy atom. The summed E-state index contributed by atoms with van der Waals surface area (Å²) in [4.78, 5) is 11.4. The standard InChI is InChI=1S/C9H19N3O4S/c10-17(14,15)5-1-2-12-9(13)6-8-7-11-3-4-16-8/h8,11H,1-7H2,(H,12,13)(H2,10,14,15). The van der Waals surface area contributed by atoms with Crippen LogP contribution in [-0.4, -0.2) is 52.4 Å². The summed E-state index contributed by atoms with van der Waals surface area (Å²) in [5.74, 6) is -0.248. The van der Waals surface area contributed by atoms with Crippen LogP contribution < -0.4 is 15.8 Å². The van der Waals surface area contributed by atoms with Crippen molar-refractivity contribution in [1.82, 2.24) is 10.6 Å². The predicted molar refractivity (Wildman–Crippen MR) is 62.8 cm³/mol. The van der Waals surface area contributed by atoms with Crippen LogP contribution >= 0.6 is 0 Å². The molecule has 1 heterocycles. The van der Waals surface area contributed by atoms with E-state index in [9.17, 15) is 13.2 Å². The molecule has 1 atom stereocenters.